The number of methoxy groups -OCH3 is 2. The fraction of sp³-hybridized carbons (Fsp3) is 0.517. The van der Waals surface area contributed by atoms with Crippen LogP contribution in [0.4, 0.5) is 5.13 Å². The van der Waals surface area contributed by atoms with Crippen LogP contribution in [-0.2, 0) is 14.8 Å². The Balaban J connectivity index is 0.00000484. The number of rotatable bonds is 14. The number of morpholine rings is 1. The second kappa shape index (κ2) is 15.8. The van der Waals surface area contributed by atoms with Crippen LogP contribution in [0.3, 0.4) is 0 Å². The van der Waals surface area contributed by atoms with Gasteiger partial charge in [-0.05, 0) is 49.2 Å². The highest BCUT2D eigenvalue weighted by Gasteiger charge is 2.26. The summed E-state index contributed by atoms with van der Waals surface area (Å²) in [5.41, 5.74) is 1.02. The number of carbonyl (C=O) groups excluding carboxylic acids is 1. The lowest BCUT2D eigenvalue weighted by atomic mass is 10.2. The van der Waals surface area contributed by atoms with Crippen LogP contribution < -0.4 is 14.4 Å². The van der Waals surface area contributed by atoms with Crippen LogP contribution in [0.25, 0.3) is 10.2 Å². The molecule has 1 amide bonds. The van der Waals surface area contributed by atoms with E-state index in [1.165, 1.54) is 27.8 Å². The van der Waals surface area contributed by atoms with E-state index in [9.17, 15) is 13.2 Å². The molecule has 0 N–H and O–H groups in total. The summed E-state index contributed by atoms with van der Waals surface area (Å²) in [7, 11) is -0.456. The van der Waals surface area contributed by atoms with E-state index in [1.54, 1.807) is 37.3 Å². The molecule has 232 valence electrons. The van der Waals surface area contributed by atoms with E-state index in [0.29, 0.717) is 60.6 Å². The molecule has 42 heavy (non-hydrogen) atoms. The molecule has 13 heteroatoms. The van der Waals surface area contributed by atoms with E-state index >= 15 is 0 Å². The molecule has 1 aromatic heterocycles. The third-order valence-corrected chi connectivity index (χ3v) is 10.3. The largest absolute Gasteiger partial charge is 0.495 e. The summed E-state index contributed by atoms with van der Waals surface area (Å²) in [5.74, 6) is 1.01. The molecule has 10 nitrogen and oxygen atoms in total. The molecule has 0 bridgehead atoms. The van der Waals surface area contributed by atoms with E-state index in [1.807, 2.05) is 19.9 Å². The Hall–Kier alpha value is -2.48. The van der Waals surface area contributed by atoms with Gasteiger partial charge in [0.2, 0.25) is 10.0 Å². The Morgan fingerprint density at radius 1 is 1.00 bits per heavy atom. The van der Waals surface area contributed by atoms with Gasteiger partial charge in [0.15, 0.2) is 5.13 Å². The minimum atomic E-state index is -3.64. The standard InChI is InChI=1S/C29H40N4O6S2.ClH/c1-5-7-16-32(6-2)41(35,36)23-11-9-22(10-12-23)28(34)33(17-8-15-31-18-20-39-21-19-31)29-30-26-24(37-3)13-14-25(38-4)27(26)40-29;/h9-14H,5-8,15-21H2,1-4H3;1H. The summed E-state index contributed by atoms with van der Waals surface area (Å²) in [5, 5.41) is 0.531. The van der Waals surface area contributed by atoms with Crippen LogP contribution in [0, 0.1) is 0 Å². The topological polar surface area (TPSA) is 102 Å². The molecule has 3 aromatic rings. The number of fused-ring (bicyclic) bond motifs is 1. The van der Waals surface area contributed by atoms with Gasteiger partial charge in [0.05, 0.1) is 32.3 Å². The Bertz CT molecular complexity index is 1370. The van der Waals surface area contributed by atoms with Crippen molar-refractivity contribution < 1.29 is 27.4 Å². The van der Waals surface area contributed by atoms with Crippen LogP contribution in [0.2, 0.25) is 0 Å². The first-order chi connectivity index (χ1) is 19.8. The van der Waals surface area contributed by atoms with E-state index in [4.69, 9.17) is 19.2 Å². The van der Waals surface area contributed by atoms with Gasteiger partial charge in [0.1, 0.15) is 21.7 Å². The van der Waals surface area contributed by atoms with Gasteiger partial charge in [-0.1, -0.05) is 31.6 Å². The highest BCUT2D eigenvalue weighted by Crippen LogP contribution is 2.40. The third kappa shape index (κ3) is 7.72. The molecule has 0 saturated carbocycles. The molecular weight excluding hydrogens is 600 g/mol. The van der Waals surface area contributed by atoms with Crippen molar-refractivity contribution in [2.24, 2.45) is 0 Å². The number of nitrogens with zero attached hydrogens (tertiary/aromatic N) is 4. The van der Waals surface area contributed by atoms with Gasteiger partial charge >= 0.3 is 0 Å². The minimum absolute atomic E-state index is 0. The zero-order valence-corrected chi connectivity index (χ0v) is 27.2. The highest BCUT2D eigenvalue weighted by atomic mass is 35.5. The summed E-state index contributed by atoms with van der Waals surface area (Å²) in [6.45, 7) is 9.16. The Morgan fingerprint density at radius 3 is 2.29 bits per heavy atom. The number of unbranched alkanes of at least 4 members (excludes halogenated alkanes) is 1. The molecule has 1 saturated heterocycles. The van der Waals surface area contributed by atoms with Crippen LogP contribution in [0.1, 0.15) is 43.5 Å². The number of aromatic nitrogens is 1. The Morgan fingerprint density at radius 2 is 1.67 bits per heavy atom. The first-order valence-electron chi connectivity index (χ1n) is 14.1. The lowest BCUT2D eigenvalue weighted by Crippen LogP contribution is -2.39. The van der Waals surface area contributed by atoms with E-state index < -0.39 is 10.0 Å². The van der Waals surface area contributed by atoms with Gasteiger partial charge in [-0.25, -0.2) is 13.4 Å². The fourth-order valence-electron chi connectivity index (χ4n) is 4.81. The molecule has 1 aliphatic heterocycles. The zero-order valence-electron chi connectivity index (χ0n) is 24.7. The zero-order chi connectivity index (χ0) is 29.4. The van der Waals surface area contributed by atoms with Gasteiger partial charge < -0.3 is 14.2 Å². The predicted octanol–water partition coefficient (Wildman–Crippen LogP) is 4.92. The maximum absolute atomic E-state index is 13.9. The molecule has 0 aliphatic carbocycles. The van der Waals surface area contributed by atoms with Crippen molar-refractivity contribution >= 4 is 55.0 Å². The SMILES string of the molecule is CCCCN(CC)S(=O)(=O)c1ccc(C(=O)N(CCCN2CCOCC2)c2nc3c(OC)ccc(OC)c3s2)cc1.Cl. The number of hydrogen-bond acceptors (Lipinski definition) is 9. The van der Waals surface area contributed by atoms with Crippen molar-refractivity contribution in [2.75, 3.05) is 71.6 Å². The van der Waals surface area contributed by atoms with Crippen molar-refractivity contribution in [3.63, 3.8) is 0 Å². The number of hydrogen-bond donors (Lipinski definition) is 0. The first kappa shape index (κ1) is 34.0. The number of carbonyl (C=O) groups is 1. The fourth-order valence-corrected chi connectivity index (χ4v) is 7.39. The average molecular weight is 641 g/mol. The van der Waals surface area contributed by atoms with Gasteiger partial charge in [-0.2, -0.15) is 4.31 Å². The number of anilines is 1. The monoisotopic (exact) mass is 640 g/mol. The van der Waals surface area contributed by atoms with Gasteiger partial charge in [-0.3, -0.25) is 14.6 Å². The van der Waals surface area contributed by atoms with E-state index in [0.717, 1.165) is 43.6 Å². The smallest absolute Gasteiger partial charge is 0.260 e. The van der Waals surface area contributed by atoms with Crippen LogP contribution in [0.5, 0.6) is 11.5 Å². The summed E-state index contributed by atoms with van der Waals surface area (Å²) in [6.07, 6.45) is 2.44. The normalized spacial score (nSPS) is 14.1. The second-order valence-electron chi connectivity index (χ2n) is 9.78. The molecule has 0 spiro atoms. The van der Waals surface area contributed by atoms with Crippen molar-refractivity contribution in [3.8, 4) is 11.5 Å². The molecule has 2 aromatic carbocycles. The summed E-state index contributed by atoms with van der Waals surface area (Å²) in [4.78, 5) is 22.9. The molecule has 1 aliphatic rings. The molecule has 2 heterocycles. The Labute approximate surface area is 259 Å². The number of thiazole rings is 1. The number of halogens is 1. The predicted molar refractivity (Wildman–Crippen MR) is 169 cm³/mol. The molecule has 0 atom stereocenters. The van der Waals surface area contributed by atoms with Gasteiger partial charge in [-0.15, -0.1) is 12.4 Å². The molecule has 1 fully saturated rings. The van der Waals surface area contributed by atoms with E-state index in [2.05, 4.69) is 4.90 Å². The second-order valence-corrected chi connectivity index (χ2v) is 12.7. The average Bonchev–Trinajstić information content (AvgIpc) is 3.44. The quantitative estimate of drug-likeness (QED) is 0.245. The molecule has 4 rings (SSSR count). The number of ether oxygens (including phenoxy) is 3. The lowest BCUT2D eigenvalue weighted by molar-refractivity contribution is 0.0376. The maximum Gasteiger partial charge on any atom is 0.260 e. The van der Waals surface area contributed by atoms with E-state index in [-0.39, 0.29) is 23.2 Å². The molecule has 0 unspecified atom stereocenters. The number of benzene rings is 2. The van der Waals surface area contributed by atoms with Crippen molar-refractivity contribution in [3.05, 3.63) is 42.0 Å². The van der Waals surface area contributed by atoms with Crippen LogP contribution in [0.15, 0.2) is 41.3 Å². The lowest BCUT2D eigenvalue weighted by Gasteiger charge is -2.27. The summed E-state index contributed by atoms with van der Waals surface area (Å²) < 4.78 is 45.2. The van der Waals surface area contributed by atoms with Crippen LogP contribution in [-0.4, -0.2) is 95.2 Å². The van der Waals surface area contributed by atoms with Crippen molar-refractivity contribution in [1.82, 2.24) is 14.2 Å². The maximum atomic E-state index is 13.9. The number of amides is 1. The van der Waals surface area contributed by atoms with Gasteiger partial charge in [0.25, 0.3) is 5.91 Å². The third-order valence-electron chi connectivity index (χ3n) is 7.19. The van der Waals surface area contributed by atoms with Crippen molar-refractivity contribution in [1.29, 1.82) is 0 Å². The summed E-state index contributed by atoms with van der Waals surface area (Å²) in [6, 6.07) is 9.85. The minimum Gasteiger partial charge on any atom is -0.495 e. The summed E-state index contributed by atoms with van der Waals surface area (Å²) >= 11 is 1.37. The number of sulfonamides is 1. The van der Waals surface area contributed by atoms with Crippen molar-refractivity contribution in [2.45, 2.75) is 38.0 Å². The van der Waals surface area contributed by atoms with Crippen LogP contribution >= 0.6 is 23.7 Å². The van der Waals surface area contributed by atoms with Gasteiger partial charge in [0, 0.05) is 44.8 Å². The molecule has 0 radical (unpaired) electrons. The first-order valence-corrected chi connectivity index (χ1v) is 16.3. The molecular formula is C29H41ClN4O6S2. The Kier molecular flexibility index (Phi) is 12.8. The highest BCUT2D eigenvalue weighted by molar-refractivity contribution is 7.89.